The van der Waals surface area contributed by atoms with Crippen LogP contribution in [-0.2, 0) is 4.79 Å². The monoisotopic (exact) mass is 180 g/mol. The second-order valence-electron chi connectivity index (χ2n) is 4.27. The zero-order valence-corrected chi connectivity index (χ0v) is 8.75. The van der Waals surface area contributed by atoms with E-state index in [1.165, 1.54) is 31.3 Å². The van der Waals surface area contributed by atoms with Gasteiger partial charge in [0, 0.05) is 5.92 Å². The molecule has 0 aliphatic heterocycles. The molecule has 1 aliphatic rings. The zero-order valence-electron chi connectivity index (χ0n) is 8.75. The minimum atomic E-state index is 0.214. The largest absolute Gasteiger partial charge is 0.303 e. The van der Waals surface area contributed by atoms with Crippen molar-refractivity contribution >= 4 is 6.29 Å². The van der Waals surface area contributed by atoms with Gasteiger partial charge in [0.2, 0.25) is 0 Å². The molecule has 0 saturated heterocycles. The highest BCUT2D eigenvalue weighted by molar-refractivity contribution is 5.53. The lowest BCUT2D eigenvalue weighted by atomic mass is 9.96. The number of hydrogen-bond donors (Lipinski definition) is 0. The Labute approximate surface area is 81.2 Å². The molecule has 2 unspecified atom stereocenters. The minimum absolute atomic E-state index is 0.214. The fourth-order valence-electron chi connectivity index (χ4n) is 2.13. The van der Waals surface area contributed by atoms with Gasteiger partial charge >= 0.3 is 0 Å². The lowest BCUT2D eigenvalue weighted by Gasteiger charge is -2.09. The first-order valence-corrected chi connectivity index (χ1v) is 5.39. The molecule has 0 aromatic heterocycles. The van der Waals surface area contributed by atoms with E-state index in [4.69, 9.17) is 0 Å². The van der Waals surface area contributed by atoms with Gasteiger partial charge in [0.25, 0.3) is 0 Å². The fraction of sp³-hybridized carbons (Fsp3) is 0.750. The molecule has 0 aromatic rings. The first-order valence-electron chi connectivity index (χ1n) is 5.39. The van der Waals surface area contributed by atoms with Crippen molar-refractivity contribution in [3.05, 3.63) is 11.6 Å². The molecule has 0 saturated carbocycles. The first-order chi connectivity index (χ1) is 6.26. The Morgan fingerprint density at radius 3 is 3.08 bits per heavy atom. The van der Waals surface area contributed by atoms with E-state index in [2.05, 4.69) is 13.0 Å². The van der Waals surface area contributed by atoms with Crippen LogP contribution in [0.3, 0.4) is 0 Å². The molecule has 0 N–H and O–H groups in total. The summed E-state index contributed by atoms with van der Waals surface area (Å²) in [7, 11) is 0. The number of hydrogen-bond acceptors (Lipinski definition) is 1. The van der Waals surface area contributed by atoms with E-state index in [0.29, 0.717) is 0 Å². The van der Waals surface area contributed by atoms with E-state index in [9.17, 15) is 4.79 Å². The van der Waals surface area contributed by atoms with Crippen LogP contribution in [0.5, 0.6) is 0 Å². The molecule has 13 heavy (non-hydrogen) atoms. The Morgan fingerprint density at radius 1 is 1.69 bits per heavy atom. The maximum Gasteiger partial charge on any atom is 0.123 e. The maximum absolute atomic E-state index is 10.5. The normalized spacial score (nSPS) is 24.2. The second-order valence-corrected chi connectivity index (χ2v) is 4.27. The molecule has 74 valence electrons. The van der Waals surface area contributed by atoms with E-state index in [0.717, 1.165) is 18.6 Å². The van der Waals surface area contributed by atoms with E-state index in [1.54, 1.807) is 0 Å². The molecule has 0 aromatic carbocycles. The average molecular weight is 180 g/mol. The number of allylic oxidation sites excluding steroid dienone is 2. The Morgan fingerprint density at radius 2 is 2.46 bits per heavy atom. The fourth-order valence-corrected chi connectivity index (χ4v) is 2.13. The van der Waals surface area contributed by atoms with Crippen molar-refractivity contribution in [3.63, 3.8) is 0 Å². The Hall–Kier alpha value is -0.590. The molecule has 0 radical (unpaired) electrons. The molecule has 0 heterocycles. The number of rotatable bonds is 5. The SMILES string of the molecule is CCCC1CC=C(CC(C)C=O)C1. The van der Waals surface area contributed by atoms with Gasteiger partial charge in [0.15, 0.2) is 0 Å². The van der Waals surface area contributed by atoms with Gasteiger partial charge in [0.05, 0.1) is 0 Å². The smallest absolute Gasteiger partial charge is 0.123 e. The van der Waals surface area contributed by atoms with Crippen molar-refractivity contribution in [1.82, 2.24) is 0 Å². The Kier molecular flexibility index (Phi) is 4.20. The van der Waals surface area contributed by atoms with Crippen molar-refractivity contribution in [1.29, 1.82) is 0 Å². The van der Waals surface area contributed by atoms with Gasteiger partial charge in [-0.25, -0.2) is 0 Å². The van der Waals surface area contributed by atoms with Crippen LogP contribution < -0.4 is 0 Å². The Bertz CT molecular complexity index is 193. The molecule has 0 spiro atoms. The third kappa shape index (κ3) is 3.33. The standard InChI is InChI=1S/C12H20O/c1-3-4-11-5-6-12(8-11)7-10(2)9-13/h6,9-11H,3-5,7-8H2,1-2H3. The van der Waals surface area contributed by atoms with Gasteiger partial charge in [-0.15, -0.1) is 0 Å². The van der Waals surface area contributed by atoms with Crippen molar-refractivity contribution in [2.45, 2.75) is 46.0 Å². The van der Waals surface area contributed by atoms with Crippen LogP contribution in [0.25, 0.3) is 0 Å². The highest BCUT2D eigenvalue weighted by Crippen LogP contribution is 2.31. The van der Waals surface area contributed by atoms with Gasteiger partial charge in [0.1, 0.15) is 6.29 Å². The summed E-state index contributed by atoms with van der Waals surface area (Å²) in [4.78, 5) is 10.5. The van der Waals surface area contributed by atoms with Gasteiger partial charge in [-0.3, -0.25) is 0 Å². The maximum atomic E-state index is 10.5. The quantitative estimate of drug-likeness (QED) is 0.468. The second kappa shape index (κ2) is 5.21. The van der Waals surface area contributed by atoms with Crippen molar-refractivity contribution in [2.24, 2.45) is 11.8 Å². The average Bonchev–Trinajstić information content (AvgIpc) is 2.53. The van der Waals surface area contributed by atoms with Crippen LogP contribution in [0.2, 0.25) is 0 Å². The minimum Gasteiger partial charge on any atom is -0.303 e. The summed E-state index contributed by atoms with van der Waals surface area (Å²) >= 11 is 0. The summed E-state index contributed by atoms with van der Waals surface area (Å²) < 4.78 is 0. The molecule has 1 aliphatic carbocycles. The molecular formula is C12H20O. The lowest BCUT2D eigenvalue weighted by Crippen LogP contribution is -1.99. The molecular weight excluding hydrogens is 160 g/mol. The molecule has 1 nitrogen and oxygen atoms in total. The van der Waals surface area contributed by atoms with Crippen molar-refractivity contribution in [3.8, 4) is 0 Å². The van der Waals surface area contributed by atoms with Crippen LogP contribution in [0, 0.1) is 11.8 Å². The summed E-state index contributed by atoms with van der Waals surface area (Å²) in [5.41, 5.74) is 1.51. The predicted molar refractivity (Wildman–Crippen MR) is 55.6 cm³/mol. The molecule has 2 atom stereocenters. The summed E-state index contributed by atoms with van der Waals surface area (Å²) in [5.74, 6) is 1.09. The molecule has 1 rings (SSSR count). The first kappa shape index (κ1) is 10.5. The lowest BCUT2D eigenvalue weighted by molar-refractivity contribution is -0.110. The van der Waals surface area contributed by atoms with Gasteiger partial charge in [-0.1, -0.05) is 38.3 Å². The molecule has 0 fully saturated rings. The summed E-state index contributed by atoms with van der Waals surface area (Å²) in [5, 5.41) is 0. The summed E-state index contributed by atoms with van der Waals surface area (Å²) in [6.45, 7) is 4.24. The number of aldehydes is 1. The predicted octanol–water partition coefficient (Wildman–Crippen LogP) is 3.35. The van der Waals surface area contributed by atoms with Gasteiger partial charge in [-0.05, 0) is 25.2 Å². The number of carbonyl (C=O) groups is 1. The molecule has 1 heteroatoms. The summed E-state index contributed by atoms with van der Waals surface area (Å²) in [6, 6.07) is 0. The van der Waals surface area contributed by atoms with Crippen LogP contribution in [0.15, 0.2) is 11.6 Å². The molecule has 0 amide bonds. The Balaban J connectivity index is 2.27. The number of carbonyl (C=O) groups excluding carboxylic acids is 1. The van der Waals surface area contributed by atoms with E-state index in [-0.39, 0.29) is 5.92 Å². The van der Waals surface area contributed by atoms with Crippen LogP contribution >= 0.6 is 0 Å². The topological polar surface area (TPSA) is 17.1 Å². The zero-order chi connectivity index (χ0) is 9.68. The third-order valence-corrected chi connectivity index (χ3v) is 2.80. The third-order valence-electron chi connectivity index (χ3n) is 2.80. The van der Waals surface area contributed by atoms with Gasteiger partial charge < -0.3 is 4.79 Å². The van der Waals surface area contributed by atoms with Crippen molar-refractivity contribution in [2.75, 3.05) is 0 Å². The van der Waals surface area contributed by atoms with Crippen LogP contribution in [0.1, 0.15) is 46.0 Å². The molecule has 0 bridgehead atoms. The highest BCUT2D eigenvalue weighted by atomic mass is 16.1. The van der Waals surface area contributed by atoms with Gasteiger partial charge in [-0.2, -0.15) is 0 Å². The highest BCUT2D eigenvalue weighted by Gasteiger charge is 2.17. The van der Waals surface area contributed by atoms with E-state index >= 15 is 0 Å². The summed E-state index contributed by atoms with van der Waals surface area (Å²) in [6.07, 6.45) is 9.52. The van der Waals surface area contributed by atoms with Crippen LogP contribution in [0.4, 0.5) is 0 Å². The van der Waals surface area contributed by atoms with E-state index in [1.807, 2.05) is 6.92 Å². The van der Waals surface area contributed by atoms with Crippen LogP contribution in [-0.4, -0.2) is 6.29 Å². The van der Waals surface area contributed by atoms with E-state index < -0.39 is 0 Å². The van der Waals surface area contributed by atoms with Crippen molar-refractivity contribution < 1.29 is 4.79 Å².